The van der Waals surface area contributed by atoms with E-state index in [4.69, 9.17) is 4.74 Å². The fourth-order valence-electron chi connectivity index (χ4n) is 2.83. The molecule has 1 N–H and O–H groups in total. The molecule has 118 valence electrons. The van der Waals surface area contributed by atoms with Gasteiger partial charge in [0.05, 0.1) is 7.11 Å². The lowest BCUT2D eigenvalue weighted by Crippen LogP contribution is -2.40. The summed E-state index contributed by atoms with van der Waals surface area (Å²) in [5, 5.41) is 2.84. The molecule has 1 aliphatic rings. The summed E-state index contributed by atoms with van der Waals surface area (Å²) >= 11 is 0. The Balaban J connectivity index is 1.70. The number of hydrogen-bond acceptors (Lipinski definition) is 2. The molecule has 0 aliphatic carbocycles. The van der Waals surface area contributed by atoms with Crippen LogP contribution in [0, 0.1) is 0 Å². The molecule has 0 saturated heterocycles. The number of fused-ring (bicyclic) bond motifs is 1. The fourth-order valence-corrected chi connectivity index (χ4v) is 2.83. The second-order valence-electron chi connectivity index (χ2n) is 5.41. The molecule has 0 fully saturated rings. The summed E-state index contributed by atoms with van der Waals surface area (Å²) in [6, 6.07) is 15.6. The molecule has 0 unspecified atom stereocenters. The number of hydrogen-bond donors (Lipinski definition) is 1. The third-order valence-electron chi connectivity index (χ3n) is 3.96. The van der Waals surface area contributed by atoms with Gasteiger partial charge in [-0.15, -0.1) is 0 Å². The summed E-state index contributed by atoms with van der Waals surface area (Å²) in [5.41, 5.74) is 3.15. The standard InChI is InChI=1S/C19H20N2O2/c1-23-18-11-5-3-8-16(18)12-13-20-19(22)21-14-6-9-15-7-2-4-10-17(15)21/h2-5,7-8,10-13H,6,9,14H2,1H3,(H,20,22)/b13-12+. The Labute approximate surface area is 136 Å². The van der Waals surface area contributed by atoms with Crippen LogP contribution in [-0.2, 0) is 6.42 Å². The van der Waals surface area contributed by atoms with Gasteiger partial charge in [0.15, 0.2) is 0 Å². The number of nitrogens with one attached hydrogen (secondary N) is 1. The summed E-state index contributed by atoms with van der Waals surface area (Å²) in [6.07, 6.45) is 5.52. The Kier molecular flexibility index (Phi) is 4.62. The molecule has 2 aromatic carbocycles. The summed E-state index contributed by atoms with van der Waals surface area (Å²) in [7, 11) is 1.63. The lowest BCUT2D eigenvalue weighted by molar-refractivity contribution is 0.249. The topological polar surface area (TPSA) is 41.6 Å². The van der Waals surface area contributed by atoms with Gasteiger partial charge < -0.3 is 10.1 Å². The van der Waals surface area contributed by atoms with Gasteiger partial charge in [0, 0.05) is 24.0 Å². The van der Waals surface area contributed by atoms with Crippen molar-refractivity contribution in [3.63, 3.8) is 0 Å². The first-order valence-electron chi connectivity index (χ1n) is 7.75. The van der Waals surface area contributed by atoms with E-state index in [2.05, 4.69) is 11.4 Å². The van der Waals surface area contributed by atoms with E-state index in [0.717, 1.165) is 36.4 Å². The van der Waals surface area contributed by atoms with Crippen LogP contribution in [0.2, 0.25) is 0 Å². The van der Waals surface area contributed by atoms with Crippen molar-refractivity contribution in [2.24, 2.45) is 0 Å². The summed E-state index contributed by atoms with van der Waals surface area (Å²) < 4.78 is 5.29. The molecule has 0 aromatic heterocycles. The van der Waals surface area contributed by atoms with Crippen LogP contribution < -0.4 is 15.0 Å². The molecule has 0 spiro atoms. The number of anilines is 1. The molecular weight excluding hydrogens is 288 g/mol. The average molecular weight is 308 g/mol. The third kappa shape index (κ3) is 3.37. The maximum absolute atomic E-state index is 12.4. The van der Waals surface area contributed by atoms with Crippen LogP contribution in [0.15, 0.2) is 54.7 Å². The molecule has 3 rings (SSSR count). The molecule has 1 aliphatic heterocycles. The third-order valence-corrected chi connectivity index (χ3v) is 3.96. The van der Waals surface area contributed by atoms with E-state index in [1.165, 1.54) is 5.56 Å². The van der Waals surface area contributed by atoms with E-state index in [1.54, 1.807) is 18.2 Å². The van der Waals surface area contributed by atoms with Crippen molar-refractivity contribution in [1.29, 1.82) is 0 Å². The quantitative estimate of drug-likeness (QED) is 0.936. The van der Waals surface area contributed by atoms with Crippen molar-refractivity contribution in [1.82, 2.24) is 5.32 Å². The molecule has 1 heterocycles. The molecule has 2 aromatic rings. The minimum atomic E-state index is -0.108. The van der Waals surface area contributed by atoms with Crippen molar-refractivity contribution in [2.75, 3.05) is 18.6 Å². The van der Waals surface area contributed by atoms with Gasteiger partial charge in [-0.2, -0.15) is 0 Å². The van der Waals surface area contributed by atoms with Gasteiger partial charge >= 0.3 is 6.03 Å². The first-order chi connectivity index (χ1) is 11.3. The second kappa shape index (κ2) is 7.01. The van der Waals surface area contributed by atoms with Crippen molar-refractivity contribution in [3.05, 3.63) is 65.9 Å². The Morgan fingerprint density at radius 1 is 1.17 bits per heavy atom. The summed E-state index contributed by atoms with van der Waals surface area (Å²) in [4.78, 5) is 14.2. The minimum Gasteiger partial charge on any atom is -0.496 e. The van der Waals surface area contributed by atoms with Gasteiger partial charge in [0.1, 0.15) is 5.75 Å². The van der Waals surface area contributed by atoms with E-state index in [0.29, 0.717) is 0 Å². The Morgan fingerprint density at radius 3 is 2.83 bits per heavy atom. The van der Waals surface area contributed by atoms with E-state index >= 15 is 0 Å². The van der Waals surface area contributed by atoms with Crippen LogP contribution in [0.4, 0.5) is 10.5 Å². The number of nitrogens with zero attached hydrogens (tertiary/aromatic N) is 1. The summed E-state index contributed by atoms with van der Waals surface area (Å²) in [5.74, 6) is 0.779. The summed E-state index contributed by atoms with van der Waals surface area (Å²) in [6.45, 7) is 0.741. The van der Waals surface area contributed by atoms with Crippen LogP contribution in [-0.4, -0.2) is 19.7 Å². The zero-order valence-electron chi connectivity index (χ0n) is 13.2. The predicted molar refractivity (Wildman–Crippen MR) is 92.7 cm³/mol. The second-order valence-corrected chi connectivity index (χ2v) is 5.41. The maximum atomic E-state index is 12.4. The van der Waals surface area contributed by atoms with Gasteiger partial charge in [-0.3, -0.25) is 4.90 Å². The monoisotopic (exact) mass is 308 g/mol. The van der Waals surface area contributed by atoms with Crippen molar-refractivity contribution in [3.8, 4) is 5.75 Å². The van der Waals surface area contributed by atoms with Crippen LogP contribution in [0.3, 0.4) is 0 Å². The zero-order valence-corrected chi connectivity index (χ0v) is 13.2. The SMILES string of the molecule is COc1ccccc1/C=C/NC(=O)N1CCCc2ccccc21. The number of ether oxygens (including phenoxy) is 1. The Morgan fingerprint density at radius 2 is 1.96 bits per heavy atom. The van der Waals surface area contributed by atoms with Crippen molar-refractivity contribution >= 4 is 17.8 Å². The van der Waals surface area contributed by atoms with Gasteiger partial charge in [-0.05, 0) is 36.6 Å². The predicted octanol–water partition coefficient (Wildman–Crippen LogP) is 3.83. The number of benzene rings is 2. The smallest absolute Gasteiger partial charge is 0.325 e. The normalized spacial score (nSPS) is 13.7. The molecule has 0 atom stereocenters. The Hall–Kier alpha value is -2.75. The number of aryl methyl sites for hydroxylation is 1. The molecule has 0 radical (unpaired) electrons. The van der Waals surface area contributed by atoms with Crippen molar-refractivity contribution < 1.29 is 9.53 Å². The number of urea groups is 1. The first-order valence-corrected chi connectivity index (χ1v) is 7.75. The van der Waals surface area contributed by atoms with E-state index < -0.39 is 0 Å². The van der Waals surface area contributed by atoms with Crippen LogP contribution in [0.5, 0.6) is 5.75 Å². The lowest BCUT2D eigenvalue weighted by atomic mass is 10.0. The number of carbonyl (C=O) groups excluding carboxylic acids is 1. The molecule has 4 heteroatoms. The largest absolute Gasteiger partial charge is 0.496 e. The van der Waals surface area contributed by atoms with Crippen LogP contribution >= 0.6 is 0 Å². The fraction of sp³-hybridized carbons (Fsp3) is 0.211. The van der Waals surface area contributed by atoms with Gasteiger partial charge in [0.25, 0.3) is 0 Å². The number of rotatable bonds is 3. The van der Waals surface area contributed by atoms with Gasteiger partial charge in [-0.1, -0.05) is 36.4 Å². The highest BCUT2D eigenvalue weighted by molar-refractivity contribution is 5.94. The van der Waals surface area contributed by atoms with Gasteiger partial charge in [0.2, 0.25) is 0 Å². The molecule has 23 heavy (non-hydrogen) atoms. The van der Waals surface area contributed by atoms with E-state index in [-0.39, 0.29) is 6.03 Å². The zero-order chi connectivity index (χ0) is 16.1. The molecule has 4 nitrogen and oxygen atoms in total. The molecule has 0 saturated carbocycles. The lowest BCUT2D eigenvalue weighted by Gasteiger charge is -2.28. The highest BCUT2D eigenvalue weighted by atomic mass is 16.5. The maximum Gasteiger partial charge on any atom is 0.325 e. The first kappa shape index (κ1) is 15.2. The van der Waals surface area contributed by atoms with Gasteiger partial charge in [-0.25, -0.2) is 4.79 Å². The number of amides is 2. The number of carbonyl (C=O) groups is 1. The molecule has 2 amide bonds. The van der Waals surface area contributed by atoms with E-state index in [1.807, 2.05) is 48.5 Å². The minimum absolute atomic E-state index is 0.108. The number of methoxy groups -OCH3 is 1. The average Bonchev–Trinajstić information content (AvgIpc) is 2.61. The van der Waals surface area contributed by atoms with E-state index in [9.17, 15) is 4.79 Å². The van der Waals surface area contributed by atoms with Crippen LogP contribution in [0.25, 0.3) is 6.08 Å². The van der Waals surface area contributed by atoms with Crippen LogP contribution in [0.1, 0.15) is 17.5 Å². The highest BCUT2D eigenvalue weighted by Crippen LogP contribution is 2.26. The molecule has 0 bridgehead atoms. The number of para-hydroxylation sites is 2. The molecular formula is C19H20N2O2. The van der Waals surface area contributed by atoms with Crippen molar-refractivity contribution in [2.45, 2.75) is 12.8 Å². The highest BCUT2D eigenvalue weighted by Gasteiger charge is 2.21. The Bertz CT molecular complexity index is 725.